The second-order valence-corrected chi connectivity index (χ2v) is 5.51. The molecular weight excluding hydrogens is 264 g/mol. The van der Waals surface area contributed by atoms with Gasteiger partial charge < -0.3 is 18.9 Å². The number of hydrogen-bond donors (Lipinski definition) is 0. The summed E-state index contributed by atoms with van der Waals surface area (Å²) in [6, 6.07) is 5.97. The molecule has 0 aromatic heterocycles. The lowest BCUT2D eigenvalue weighted by Crippen LogP contribution is -2.06. The van der Waals surface area contributed by atoms with Crippen LogP contribution < -0.4 is 9.47 Å². The van der Waals surface area contributed by atoms with Gasteiger partial charge in [-0.05, 0) is 29.7 Å². The Morgan fingerprint density at radius 1 is 1.16 bits per heavy atom. The smallest absolute Gasteiger partial charge is 0.188 e. The summed E-state index contributed by atoms with van der Waals surface area (Å²) >= 11 is 1.99. The molecule has 0 saturated carbocycles. The maximum atomic E-state index is 5.67. The Labute approximate surface area is 118 Å². The molecule has 0 spiro atoms. The number of hydrogen-bond acceptors (Lipinski definition) is 5. The van der Waals surface area contributed by atoms with Crippen LogP contribution in [0.4, 0.5) is 0 Å². The first-order chi connectivity index (χ1) is 9.35. The quantitative estimate of drug-likeness (QED) is 0.720. The van der Waals surface area contributed by atoms with Crippen molar-refractivity contribution in [3.63, 3.8) is 0 Å². The van der Waals surface area contributed by atoms with Gasteiger partial charge in [0.15, 0.2) is 13.6 Å². The van der Waals surface area contributed by atoms with Crippen LogP contribution in [0.25, 0.3) is 0 Å². The van der Waals surface area contributed by atoms with Crippen LogP contribution in [0, 0.1) is 0 Å². The molecule has 0 bridgehead atoms. The van der Waals surface area contributed by atoms with Crippen LogP contribution in [-0.2, 0) is 9.47 Å². The molecule has 106 valence electrons. The van der Waals surface area contributed by atoms with Crippen molar-refractivity contribution in [1.82, 2.24) is 0 Å². The first-order valence-electron chi connectivity index (χ1n) is 6.30. The van der Waals surface area contributed by atoms with Gasteiger partial charge >= 0.3 is 0 Å². The van der Waals surface area contributed by atoms with Crippen LogP contribution in [0.3, 0.4) is 0 Å². The molecule has 1 aromatic rings. The van der Waals surface area contributed by atoms with Crippen LogP contribution in [0.1, 0.15) is 17.9 Å². The van der Waals surface area contributed by atoms with Crippen molar-refractivity contribution < 1.29 is 18.9 Å². The fourth-order valence-corrected chi connectivity index (χ4v) is 3.34. The Morgan fingerprint density at radius 3 is 2.63 bits per heavy atom. The van der Waals surface area contributed by atoms with Crippen molar-refractivity contribution in [3.8, 4) is 11.5 Å². The van der Waals surface area contributed by atoms with Crippen molar-refractivity contribution in [3.05, 3.63) is 23.8 Å². The highest BCUT2D eigenvalue weighted by atomic mass is 32.2. The Hall–Kier alpha value is -0.910. The molecule has 19 heavy (non-hydrogen) atoms. The fraction of sp³-hybridized carbons (Fsp3) is 0.571. The molecule has 1 fully saturated rings. The summed E-state index contributed by atoms with van der Waals surface area (Å²) in [4.78, 5) is 0. The van der Waals surface area contributed by atoms with E-state index in [1.807, 2.05) is 23.9 Å². The average molecular weight is 284 g/mol. The van der Waals surface area contributed by atoms with Crippen LogP contribution in [0.2, 0.25) is 0 Å². The summed E-state index contributed by atoms with van der Waals surface area (Å²) in [6.45, 7) is 0.489. The molecule has 0 amide bonds. The lowest BCUT2D eigenvalue weighted by molar-refractivity contribution is 0.0454. The Kier molecular flexibility index (Phi) is 5.82. The van der Waals surface area contributed by atoms with E-state index >= 15 is 0 Å². The van der Waals surface area contributed by atoms with Gasteiger partial charge in [0.2, 0.25) is 0 Å². The van der Waals surface area contributed by atoms with Crippen LogP contribution in [0.5, 0.6) is 11.5 Å². The third kappa shape index (κ3) is 4.03. The molecule has 2 rings (SSSR count). The van der Waals surface area contributed by atoms with Crippen molar-refractivity contribution in [2.24, 2.45) is 0 Å². The van der Waals surface area contributed by atoms with E-state index in [4.69, 9.17) is 18.9 Å². The highest BCUT2D eigenvalue weighted by Crippen LogP contribution is 2.38. The molecular formula is C14H20O4S. The summed E-state index contributed by atoms with van der Waals surface area (Å²) in [5, 5.41) is 0. The second kappa shape index (κ2) is 7.62. The SMILES string of the molecule is COCOc1ccc(C2CCSC2)c(OCOC)c1. The van der Waals surface area contributed by atoms with E-state index in [1.54, 1.807) is 14.2 Å². The zero-order valence-corrected chi connectivity index (χ0v) is 12.2. The molecule has 1 unspecified atom stereocenters. The number of thioether (sulfide) groups is 1. The predicted octanol–water partition coefficient (Wildman–Crippen LogP) is 2.87. The minimum atomic E-state index is 0.238. The third-order valence-electron chi connectivity index (χ3n) is 3.03. The van der Waals surface area contributed by atoms with Gasteiger partial charge in [-0.15, -0.1) is 0 Å². The summed E-state index contributed by atoms with van der Waals surface area (Å²) in [6.07, 6.45) is 1.20. The maximum absolute atomic E-state index is 5.67. The van der Waals surface area contributed by atoms with E-state index in [0.29, 0.717) is 5.92 Å². The maximum Gasteiger partial charge on any atom is 0.188 e. The van der Waals surface area contributed by atoms with Gasteiger partial charge in [0.1, 0.15) is 11.5 Å². The van der Waals surface area contributed by atoms with Crippen molar-refractivity contribution in [2.45, 2.75) is 12.3 Å². The second-order valence-electron chi connectivity index (χ2n) is 4.36. The van der Waals surface area contributed by atoms with E-state index in [0.717, 1.165) is 17.3 Å². The monoisotopic (exact) mass is 284 g/mol. The van der Waals surface area contributed by atoms with Crippen LogP contribution >= 0.6 is 11.8 Å². The molecule has 0 aliphatic carbocycles. The van der Waals surface area contributed by atoms with Crippen molar-refractivity contribution in [1.29, 1.82) is 0 Å². The van der Waals surface area contributed by atoms with Gasteiger partial charge in [-0.3, -0.25) is 0 Å². The Morgan fingerprint density at radius 2 is 1.95 bits per heavy atom. The molecule has 0 radical (unpaired) electrons. The predicted molar refractivity (Wildman–Crippen MR) is 76.1 cm³/mol. The lowest BCUT2D eigenvalue weighted by Gasteiger charge is -2.16. The lowest BCUT2D eigenvalue weighted by atomic mass is 9.97. The molecule has 1 atom stereocenters. The summed E-state index contributed by atoms with van der Waals surface area (Å²) in [5.41, 5.74) is 1.24. The summed E-state index contributed by atoms with van der Waals surface area (Å²) < 4.78 is 21.0. The average Bonchev–Trinajstić information content (AvgIpc) is 2.97. The molecule has 0 N–H and O–H groups in total. The molecule has 5 heteroatoms. The Balaban J connectivity index is 2.15. The molecule has 1 saturated heterocycles. The number of rotatable bonds is 7. The zero-order chi connectivity index (χ0) is 13.5. The van der Waals surface area contributed by atoms with Crippen molar-refractivity contribution in [2.75, 3.05) is 39.3 Å². The molecule has 1 heterocycles. The fourth-order valence-electron chi connectivity index (χ4n) is 2.10. The number of benzene rings is 1. The van der Waals surface area contributed by atoms with Crippen molar-refractivity contribution >= 4 is 11.8 Å². The first-order valence-corrected chi connectivity index (χ1v) is 7.45. The standard InChI is InChI=1S/C14H20O4S/c1-15-9-17-12-3-4-13(11-5-6-19-8-11)14(7-12)18-10-16-2/h3-4,7,11H,5-6,8-10H2,1-2H3. The molecule has 4 nitrogen and oxygen atoms in total. The van der Waals surface area contributed by atoms with Crippen LogP contribution in [-0.4, -0.2) is 39.3 Å². The summed E-state index contributed by atoms with van der Waals surface area (Å²) in [5.74, 6) is 4.54. The van der Waals surface area contributed by atoms with Gasteiger partial charge in [0, 0.05) is 26.0 Å². The van der Waals surface area contributed by atoms with Gasteiger partial charge in [-0.25, -0.2) is 0 Å². The third-order valence-corrected chi connectivity index (χ3v) is 4.19. The minimum absolute atomic E-state index is 0.238. The van der Waals surface area contributed by atoms with E-state index < -0.39 is 0 Å². The first kappa shape index (κ1) is 14.5. The molecule has 1 aliphatic heterocycles. The number of methoxy groups -OCH3 is 2. The van der Waals surface area contributed by atoms with E-state index in [-0.39, 0.29) is 13.6 Å². The zero-order valence-electron chi connectivity index (χ0n) is 11.4. The van der Waals surface area contributed by atoms with Gasteiger partial charge in [-0.2, -0.15) is 11.8 Å². The van der Waals surface area contributed by atoms with E-state index in [1.165, 1.54) is 17.7 Å². The topological polar surface area (TPSA) is 36.9 Å². The minimum Gasteiger partial charge on any atom is -0.467 e. The molecule has 1 aliphatic rings. The largest absolute Gasteiger partial charge is 0.467 e. The van der Waals surface area contributed by atoms with Gasteiger partial charge in [0.25, 0.3) is 0 Å². The number of ether oxygens (including phenoxy) is 4. The normalized spacial score (nSPS) is 18.5. The Bertz CT molecular complexity index is 391. The summed E-state index contributed by atoms with van der Waals surface area (Å²) in [7, 11) is 3.23. The van der Waals surface area contributed by atoms with Gasteiger partial charge in [-0.1, -0.05) is 6.07 Å². The highest BCUT2D eigenvalue weighted by Gasteiger charge is 2.21. The van der Waals surface area contributed by atoms with Crippen LogP contribution in [0.15, 0.2) is 18.2 Å². The van der Waals surface area contributed by atoms with Gasteiger partial charge in [0.05, 0.1) is 0 Å². The highest BCUT2D eigenvalue weighted by molar-refractivity contribution is 7.99. The van der Waals surface area contributed by atoms with E-state index in [9.17, 15) is 0 Å². The molecule has 1 aromatic carbocycles. The van der Waals surface area contributed by atoms with E-state index in [2.05, 4.69) is 6.07 Å².